The highest BCUT2D eigenvalue weighted by Crippen LogP contribution is 2.35. The van der Waals surface area contributed by atoms with Crippen molar-refractivity contribution < 1.29 is 19.0 Å². The molecule has 2 heterocycles. The van der Waals surface area contributed by atoms with Gasteiger partial charge in [-0.1, -0.05) is 0 Å². The largest absolute Gasteiger partial charge is 0.494 e. The van der Waals surface area contributed by atoms with Crippen molar-refractivity contribution in [1.29, 1.82) is 0 Å². The third-order valence-corrected chi connectivity index (χ3v) is 5.17. The van der Waals surface area contributed by atoms with Crippen LogP contribution < -0.4 is 20.5 Å². The van der Waals surface area contributed by atoms with E-state index >= 15 is 0 Å². The topological polar surface area (TPSA) is 98.4 Å². The summed E-state index contributed by atoms with van der Waals surface area (Å²) in [6.45, 7) is 8.56. The minimum atomic E-state index is -0.246. The summed E-state index contributed by atoms with van der Waals surface area (Å²) < 4.78 is 16.7. The Balaban J connectivity index is 0.00000320. The number of benzene rings is 1. The second-order valence-electron chi connectivity index (χ2n) is 7.44. The van der Waals surface area contributed by atoms with Crippen LogP contribution >= 0.6 is 24.0 Å². The van der Waals surface area contributed by atoms with Crippen molar-refractivity contribution in [2.45, 2.75) is 58.7 Å². The molecule has 168 valence electrons. The minimum absolute atomic E-state index is 0. The van der Waals surface area contributed by atoms with Gasteiger partial charge in [-0.05, 0) is 45.7 Å². The number of guanidine groups is 1. The fraction of sp³-hybridized carbons (Fsp3) is 0.619. The molecule has 3 N–H and O–H groups in total. The molecule has 1 aromatic carbocycles. The van der Waals surface area contributed by atoms with Crippen LogP contribution in [0.25, 0.3) is 0 Å². The number of fused-ring (bicyclic) bond motifs is 1. The Labute approximate surface area is 195 Å². The zero-order valence-corrected chi connectivity index (χ0v) is 20.3. The Kier molecular flexibility index (Phi) is 9.32. The predicted molar refractivity (Wildman–Crippen MR) is 127 cm³/mol. The highest BCUT2D eigenvalue weighted by atomic mass is 127. The maximum atomic E-state index is 11.8. The van der Waals surface area contributed by atoms with E-state index < -0.39 is 0 Å². The number of piperidine rings is 1. The Hall–Kier alpha value is -1.91. The summed E-state index contributed by atoms with van der Waals surface area (Å²) in [4.78, 5) is 18.0. The van der Waals surface area contributed by atoms with Crippen molar-refractivity contribution in [1.82, 2.24) is 10.2 Å². The lowest BCUT2D eigenvalue weighted by Crippen LogP contribution is -2.48. The van der Waals surface area contributed by atoms with Crippen LogP contribution in [-0.2, 0) is 17.7 Å². The van der Waals surface area contributed by atoms with Gasteiger partial charge in [0.15, 0.2) is 5.96 Å². The zero-order valence-electron chi connectivity index (χ0n) is 18.0. The van der Waals surface area contributed by atoms with E-state index in [0.29, 0.717) is 38.8 Å². The first-order valence-corrected chi connectivity index (χ1v) is 10.4. The summed E-state index contributed by atoms with van der Waals surface area (Å²) in [5.74, 6) is 2.14. The lowest BCUT2D eigenvalue weighted by Gasteiger charge is -2.31. The number of halogens is 1. The van der Waals surface area contributed by atoms with E-state index in [1.807, 2.05) is 19.9 Å². The van der Waals surface area contributed by atoms with Crippen LogP contribution in [0.4, 0.5) is 4.79 Å². The number of hydrogen-bond donors (Lipinski definition) is 2. The van der Waals surface area contributed by atoms with Gasteiger partial charge in [0.1, 0.15) is 17.6 Å². The predicted octanol–water partition coefficient (Wildman–Crippen LogP) is 3.05. The van der Waals surface area contributed by atoms with Gasteiger partial charge in [-0.3, -0.25) is 0 Å². The fourth-order valence-corrected chi connectivity index (χ4v) is 3.74. The van der Waals surface area contributed by atoms with E-state index in [0.717, 1.165) is 36.3 Å². The SMILES string of the molecule is CCOC(=O)N1CCC(NC(N)=NCc2cc3c(cc2OCC)CC(C)O3)CC1.I. The number of amides is 1. The van der Waals surface area contributed by atoms with Crippen LogP contribution in [-0.4, -0.2) is 55.4 Å². The monoisotopic (exact) mass is 532 g/mol. The summed E-state index contributed by atoms with van der Waals surface area (Å²) >= 11 is 0. The molecule has 0 bridgehead atoms. The summed E-state index contributed by atoms with van der Waals surface area (Å²) in [6.07, 6.45) is 2.45. The van der Waals surface area contributed by atoms with Crippen molar-refractivity contribution in [3.8, 4) is 11.5 Å². The van der Waals surface area contributed by atoms with Crippen molar-refractivity contribution in [2.75, 3.05) is 26.3 Å². The van der Waals surface area contributed by atoms with Crippen molar-refractivity contribution in [3.63, 3.8) is 0 Å². The van der Waals surface area contributed by atoms with Gasteiger partial charge in [-0.25, -0.2) is 9.79 Å². The van der Waals surface area contributed by atoms with Crippen LogP contribution in [0.15, 0.2) is 17.1 Å². The first kappa shape index (κ1) is 24.4. The Bertz CT molecular complexity index is 751. The molecule has 0 saturated carbocycles. The number of ether oxygens (including phenoxy) is 3. The van der Waals surface area contributed by atoms with E-state index in [9.17, 15) is 4.79 Å². The molecule has 0 spiro atoms. The maximum Gasteiger partial charge on any atom is 0.409 e. The number of nitrogens with two attached hydrogens (primary N) is 1. The minimum Gasteiger partial charge on any atom is -0.494 e. The molecular formula is C21H33IN4O4. The van der Waals surface area contributed by atoms with Crippen molar-refractivity contribution in [2.24, 2.45) is 10.7 Å². The Morgan fingerprint density at radius 1 is 1.30 bits per heavy atom. The molecule has 1 atom stereocenters. The summed E-state index contributed by atoms with van der Waals surface area (Å²) in [7, 11) is 0. The molecule has 0 aromatic heterocycles. The van der Waals surface area contributed by atoms with E-state index in [1.165, 1.54) is 5.56 Å². The van der Waals surface area contributed by atoms with Crippen LogP contribution in [0.3, 0.4) is 0 Å². The first-order valence-electron chi connectivity index (χ1n) is 10.4. The molecule has 2 aliphatic heterocycles. The molecule has 1 amide bonds. The normalized spacial score (nSPS) is 18.8. The van der Waals surface area contributed by atoms with E-state index in [1.54, 1.807) is 4.90 Å². The molecule has 3 rings (SSSR count). The number of aliphatic imine (C=N–C) groups is 1. The number of rotatable bonds is 6. The number of nitrogens with zero attached hydrogens (tertiary/aromatic N) is 2. The van der Waals surface area contributed by atoms with E-state index in [-0.39, 0.29) is 42.2 Å². The molecule has 0 radical (unpaired) electrons. The molecule has 30 heavy (non-hydrogen) atoms. The van der Waals surface area contributed by atoms with Gasteiger partial charge < -0.3 is 30.2 Å². The number of hydrogen-bond acceptors (Lipinski definition) is 5. The molecule has 1 aromatic rings. The first-order chi connectivity index (χ1) is 14.0. The van der Waals surface area contributed by atoms with Crippen LogP contribution in [0.1, 0.15) is 44.7 Å². The second kappa shape index (κ2) is 11.5. The van der Waals surface area contributed by atoms with E-state index in [4.69, 9.17) is 19.9 Å². The third kappa shape index (κ3) is 6.29. The summed E-state index contributed by atoms with van der Waals surface area (Å²) in [6, 6.07) is 4.26. The number of nitrogens with one attached hydrogen (secondary N) is 1. The number of likely N-dealkylation sites (tertiary alicyclic amines) is 1. The van der Waals surface area contributed by atoms with Crippen LogP contribution in [0.5, 0.6) is 11.5 Å². The average Bonchev–Trinajstić information content (AvgIpc) is 3.06. The molecule has 2 aliphatic rings. The zero-order chi connectivity index (χ0) is 20.8. The fourth-order valence-electron chi connectivity index (χ4n) is 3.74. The van der Waals surface area contributed by atoms with Crippen LogP contribution in [0.2, 0.25) is 0 Å². The maximum absolute atomic E-state index is 11.8. The van der Waals surface area contributed by atoms with Gasteiger partial charge in [0.05, 0.1) is 19.8 Å². The average molecular weight is 532 g/mol. The van der Waals surface area contributed by atoms with Gasteiger partial charge in [0.25, 0.3) is 0 Å². The number of carbonyl (C=O) groups excluding carboxylic acids is 1. The van der Waals surface area contributed by atoms with E-state index in [2.05, 4.69) is 23.3 Å². The smallest absolute Gasteiger partial charge is 0.409 e. The standard InChI is InChI=1S/C21H32N4O4.HI/c1-4-27-18-11-15-10-14(3)29-19(15)12-16(18)13-23-20(22)24-17-6-8-25(9-7-17)21(26)28-5-2;/h11-12,14,17H,4-10,13H2,1-3H3,(H3,22,23,24);1H. The molecule has 1 saturated heterocycles. The molecule has 0 aliphatic carbocycles. The molecule has 1 unspecified atom stereocenters. The Morgan fingerprint density at radius 2 is 2.03 bits per heavy atom. The van der Waals surface area contributed by atoms with Gasteiger partial charge in [-0.15, -0.1) is 24.0 Å². The third-order valence-electron chi connectivity index (χ3n) is 5.17. The van der Waals surface area contributed by atoms with Gasteiger partial charge in [0.2, 0.25) is 0 Å². The lowest BCUT2D eigenvalue weighted by molar-refractivity contribution is 0.0963. The van der Waals surface area contributed by atoms with Gasteiger partial charge in [0, 0.05) is 36.7 Å². The number of carbonyl (C=O) groups is 1. The van der Waals surface area contributed by atoms with Gasteiger partial charge >= 0.3 is 6.09 Å². The quantitative estimate of drug-likeness (QED) is 0.332. The molecule has 1 fully saturated rings. The highest BCUT2D eigenvalue weighted by Gasteiger charge is 2.24. The molecular weight excluding hydrogens is 499 g/mol. The van der Waals surface area contributed by atoms with Crippen molar-refractivity contribution in [3.05, 3.63) is 23.3 Å². The summed E-state index contributed by atoms with van der Waals surface area (Å²) in [5, 5.41) is 3.27. The van der Waals surface area contributed by atoms with Gasteiger partial charge in [-0.2, -0.15) is 0 Å². The van der Waals surface area contributed by atoms with Crippen molar-refractivity contribution >= 4 is 36.0 Å². The lowest BCUT2D eigenvalue weighted by atomic mass is 10.1. The summed E-state index contributed by atoms with van der Waals surface area (Å²) in [5.41, 5.74) is 8.25. The molecule has 9 heteroatoms. The Morgan fingerprint density at radius 3 is 2.70 bits per heavy atom. The molecule has 8 nitrogen and oxygen atoms in total. The second-order valence-corrected chi connectivity index (χ2v) is 7.44. The highest BCUT2D eigenvalue weighted by molar-refractivity contribution is 14.0. The van der Waals surface area contributed by atoms with Crippen LogP contribution in [0, 0.1) is 0 Å².